The minimum absolute atomic E-state index is 0.291. The molecule has 0 aliphatic rings. The number of ether oxygens (including phenoxy) is 1. The molecule has 3 aromatic rings. The number of carbonyl (C=O) groups excluding carboxylic acids is 1. The highest BCUT2D eigenvalue weighted by atomic mass is 16.5. The number of carbonyl (C=O) groups is 1. The Kier molecular flexibility index (Phi) is 4.52. The fraction of sp³-hybridized carbons (Fsp3) is 0.105. The van der Waals surface area contributed by atoms with E-state index in [1.54, 1.807) is 25.4 Å². The van der Waals surface area contributed by atoms with Crippen LogP contribution in [0.25, 0.3) is 10.8 Å². The summed E-state index contributed by atoms with van der Waals surface area (Å²) in [5.41, 5.74) is 4.69. The molecule has 0 unspecified atom stereocenters. The number of methoxy groups -OCH3 is 1. The Hall–Kier alpha value is -3.21. The van der Waals surface area contributed by atoms with Gasteiger partial charge in [0.05, 0.1) is 18.4 Å². The molecule has 24 heavy (non-hydrogen) atoms. The lowest BCUT2D eigenvalue weighted by Crippen LogP contribution is -2.19. The van der Waals surface area contributed by atoms with Crippen LogP contribution >= 0.6 is 0 Å². The molecule has 3 rings (SSSR count). The van der Waals surface area contributed by atoms with Crippen molar-refractivity contribution < 1.29 is 9.53 Å². The number of hydrazone groups is 1. The third-order valence-electron chi connectivity index (χ3n) is 3.74. The van der Waals surface area contributed by atoms with Gasteiger partial charge in [0.25, 0.3) is 5.91 Å². The van der Waals surface area contributed by atoms with Gasteiger partial charge in [-0.15, -0.1) is 0 Å². The van der Waals surface area contributed by atoms with Crippen LogP contribution in [-0.4, -0.2) is 23.7 Å². The normalized spacial score (nSPS) is 11.3. The minimum atomic E-state index is -0.291. The third kappa shape index (κ3) is 3.10. The summed E-state index contributed by atoms with van der Waals surface area (Å²) in [4.78, 5) is 16.0. The standard InChI is InChI=1S/C19H17N3O2/c1-13(21-22-19(23)14-6-5-11-20-12-14)15-9-10-18(24-2)17-8-4-3-7-16(15)17/h3-12H,1-2H3,(H,22,23)/b21-13-. The van der Waals surface area contributed by atoms with Crippen molar-refractivity contribution in [1.82, 2.24) is 10.4 Å². The van der Waals surface area contributed by atoms with E-state index in [9.17, 15) is 4.79 Å². The van der Waals surface area contributed by atoms with Crippen LogP contribution < -0.4 is 10.2 Å². The molecule has 2 aromatic carbocycles. The second-order valence-corrected chi connectivity index (χ2v) is 5.24. The van der Waals surface area contributed by atoms with Crippen LogP contribution in [0.4, 0.5) is 0 Å². The minimum Gasteiger partial charge on any atom is -0.496 e. The first-order valence-electron chi connectivity index (χ1n) is 7.51. The number of hydrogen-bond donors (Lipinski definition) is 1. The number of nitrogens with zero attached hydrogens (tertiary/aromatic N) is 2. The van der Waals surface area contributed by atoms with Crippen molar-refractivity contribution in [1.29, 1.82) is 0 Å². The van der Waals surface area contributed by atoms with Crippen LogP contribution in [0.15, 0.2) is 66.0 Å². The maximum absolute atomic E-state index is 12.1. The second kappa shape index (κ2) is 6.91. The number of benzene rings is 2. The van der Waals surface area contributed by atoms with Crippen molar-refractivity contribution in [3.63, 3.8) is 0 Å². The van der Waals surface area contributed by atoms with Crippen molar-refractivity contribution in [3.8, 4) is 5.75 Å². The predicted molar refractivity (Wildman–Crippen MR) is 94.4 cm³/mol. The molecule has 0 saturated carbocycles. The smallest absolute Gasteiger partial charge is 0.272 e. The number of aromatic nitrogens is 1. The number of rotatable bonds is 4. The van der Waals surface area contributed by atoms with E-state index in [0.717, 1.165) is 22.1 Å². The number of hydrogen-bond acceptors (Lipinski definition) is 4. The molecule has 0 atom stereocenters. The largest absolute Gasteiger partial charge is 0.496 e. The van der Waals surface area contributed by atoms with E-state index >= 15 is 0 Å². The Balaban J connectivity index is 1.91. The topological polar surface area (TPSA) is 63.6 Å². The van der Waals surface area contributed by atoms with E-state index in [2.05, 4.69) is 15.5 Å². The number of fused-ring (bicyclic) bond motifs is 1. The molecule has 0 bridgehead atoms. The molecule has 1 N–H and O–H groups in total. The van der Waals surface area contributed by atoms with Crippen molar-refractivity contribution >= 4 is 22.4 Å². The Morgan fingerprint density at radius 1 is 1.08 bits per heavy atom. The molecule has 0 aliphatic carbocycles. The zero-order valence-corrected chi connectivity index (χ0v) is 13.5. The van der Waals surface area contributed by atoms with E-state index < -0.39 is 0 Å². The highest BCUT2D eigenvalue weighted by molar-refractivity contribution is 6.11. The van der Waals surface area contributed by atoms with Gasteiger partial charge in [-0.1, -0.05) is 24.3 Å². The Bertz CT molecular complexity index is 905. The van der Waals surface area contributed by atoms with Crippen LogP contribution in [-0.2, 0) is 0 Å². The van der Waals surface area contributed by atoms with E-state index in [0.29, 0.717) is 11.3 Å². The van der Waals surface area contributed by atoms with Gasteiger partial charge in [0.15, 0.2) is 0 Å². The summed E-state index contributed by atoms with van der Waals surface area (Å²) in [6.07, 6.45) is 3.12. The maximum Gasteiger partial charge on any atom is 0.272 e. The Labute approximate surface area is 140 Å². The van der Waals surface area contributed by atoms with Gasteiger partial charge >= 0.3 is 0 Å². The van der Waals surface area contributed by atoms with Crippen molar-refractivity contribution in [2.45, 2.75) is 6.92 Å². The Morgan fingerprint density at radius 2 is 1.88 bits per heavy atom. The van der Waals surface area contributed by atoms with Gasteiger partial charge in [-0.25, -0.2) is 5.43 Å². The molecule has 0 radical (unpaired) electrons. The van der Waals surface area contributed by atoms with E-state index in [4.69, 9.17) is 4.74 Å². The van der Waals surface area contributed by atoms with Crippen molar-refractivity contribution in [2.24, 2.45) is 5.10 Å². The first-order chi connectivity index (χ1) is 11.7. The van der Waals surface area contributed by atoms with Crippen LogP contribution in [0.5, 0.6) is 5.75 Å². The molecule has 0 spiro atoms. The van der Waals surface area contributed by atoms with E-state index in [1.165, 1.54) is 6.20 Å². The number of nitrogens with one attached hydrogen (secondary N) is 1. The van der Waals surface area contributed by atoms with Crippen LogP contribution in [0.1, 0.15) is 22.8 Å². The average Bonchev–Trinajstić information content (AvgIpc) is 2.65. The number of pyridine rings is 1. The van der Waals surface area contributed by atoms with Gasteiger partial charge < -0.3 is 4.74 Å². The van der Waals surface area contributed by atoms with E-state index in [-0.39, 0.29) is 5.91 Å². The molecule has 120 valence electrons. The summed E-state index contributed by atoms with van der Waals surface area (Å²) in [6, 6.07) is 15.2. The van der Waals surface area contributed by atoms with Crippen molar-refractivity contribution in [2.75, 3.05) is 7.11 Å². The summed E-state index contributed by atoms with van der Waals surface area (Å²) < 4.78 is 5.40. The lowest BCUT2D eigenvalue weighted by Gasteiger charge is -2.10. The van der Waals surface area contributed by atoms with Gasteiger partial charge in [-0.2, -0.15) is 5.10 Å². The summed E-state index contributed by atoms with van der Waals surface area (Å²) in [6.45, 7) is 1.86. The highest BCUT2D eigenvalue weighted by Crippen LogP contribution is 2.28. The van der Waals surface area contributed by atoms with Gasteiger partial charge in [0.1, 0.15) is 5.75 Å². The van der Waals surface area contributed by atoms with Crippen LogP contribution in [0.2, 0.25) is 0 Å². The fourth-order valence-corrected chi connectivity index (χ4v) is 2.52. The molecule has 5 nitrogen and oxygen atoms in total. The summed E-state index contributed by atoms with van der Waals surface area (Å²) in [5, 5.41) is 6.25. The van der Waals surface area contributed by atoms with Crippen LogP contribution in [0.3, 0.4) is 0 Å². The lowest BCUT2D eigenvalue weighted by molar-refractivity contribution is 0.0954. The van der Waals surface area contributed by atoms with Gasteiger partial charge in [-0.05, 0) is 36.6 Å². The second-order valence-electron chi connectivity index (χ2n) is 5.24. The molecular weight excluding hydrogens is 302 g/mol. The summed E-state index contributed by atoms with van der Waals surface area (Å²) in [5.74, 6) is 0.516. The predicted octanol–water partition coefficient (Wildman–Crippen LogP) is 3.40. The molecule has 0 fully saturated rings. The molecule has 0 aliphatic heterocycles. The first-order valence-corrected chi connectivity index (χ1v) is 7.51. The fourth-order valence-electron chi connectivity index (χ4n) is 2.52. The zero-order chi connectivity index (χ0) is 16.9. The highest BCUT2D eigenvalue weighted by Gasteiger charge is 2.09. The lowest BCUT2D eigenvalue weighted by atomic mass is 10.0. The van der Waals surface area contributed by atoms with Gasteiger partial charge in [-0.3, -0.25) is 9.78 Å². The quantitative estimate of drug-likeness (QED) is 0.592. The first kappa shape index (κ1) is 15.7. The number of amides is 1. The zero-order valence-electron chi connectivity index (χ0n) is 13.5. The molecule has 1 aromatic heterocycles. The summed E-state index contributed by atoms with van der Waals surface area (Å²) >= 11 is 0. The molecule has 1 amide bonds. The third-order valence-corrected chi connectivity index (χ3v) is 3.74. The maximum atomic E-state index is 12.1. The van der Waals surface area contributed by atoms with Gasteiger partial charge in [0.2, 0.25) is 0 Å². The van der Waals surface area contributed by atoms with Gasteiger partial charge in [0, 0.05) is 23.3 Å². The van der Waals surface area contributed by atoms with E-state index in [1.807, 2.05) is 43.3 Å². The molecular formula is C19H17N3O2. The van der Waals surface area contributed by atoms with Crippen molar-refractivity contribution in [3.05, 3.63) is 72.1 Å². The molecule has 0 saturated heterocycles. The monoisotopic (exact) mass is 319 g/mol. The Morgan fingerprint density at radius 3 is 2.58 bits per heavy atom. The summed E-state index contributed by atoms with van der Waals surface area (Å²) in [7, 11) is 1.65. The average molecular weight is 319 g/mol. The molecule has 5 heteroatoms. The van der Waals surface area contributed by atoms with Crippen LogP contribution in [0, 0.1) is 0 Å². The molecule has 1 heterocycles. The SMILES string of the molecule is COc1ccc(/C(C)=N\NC(=O)c2cccnc2)c2ccccc12.